The molecule has 0 aliphatic carbocycles. The van der Waals surface area contributed by atoms with Crippen LogP contribution in [-0.2, 0) is 6.61 Å². The molecule has 0 unspecified atom stereocenters. The number of aliphatic hydroxyl groups excluding tert-OH is 1. The molecule has 1 aromatic heterocycles. The summed E-state index contributed by atoms with van der Waals surface area (Å²) in [7, 11) is 0. The van der Waals surface area contributed by atoms with E-state index in [0.29, 0.717) is 0 Å². The molecular weight excluding hydrogens is 342 g/mol. The summed E-state index contributed by atoms with van der Waals surface area (Å²) in [5, 5.41) is 9.22. The Morgan fingerprint density at radius 2 is 2.00 bits per heavy atom. The summed E-state index contributed by atoms with van der Waals surface area (Å²) in [6.45, 7) is 0.0138. The molecule has 1 aromatic carbocycles. The van der Waals surface area contributed by atoms with E-state index in [1.54, 1.807) is 0 Å². The zero-order valence-corrected chi connectivity index (χ0v) is 11.6. The van der Waals surface area contributed by atoms with Crippen molar-refractivity contribution in [3.8, 4) is 11.3 Å². The molecule has 0 aliphatic rings. The van der Waals surface area contributed by atoms with Gasteiger partial charge in [0.1, 0.15) is 0 Å². The zero-order chi connectivity index (χ0) is 10.8. The number of halogens is 2. The lowest BCUT2D eigenvalue weighted by atomic mass is 10.1. The molecule has 0 saturated carbocycles. The maximum atomic E-state index is 9.22. The second-order valence-corrected chi connectivity index (χ2v) is 6.09. The number of aromatic nitrogens is 1. The van der Waals surface area contributed by atoms with Gasteiger partial charge in [-0.05, 0) is 22.0 Å². The summed E-state index contributed by atoms with van der Waals surface area (Å²) in [6, 6.07) is 7.84. The largest absolute Gasteiger partial charge is 0.391 e. The van der Waals surface area contributed by atoms with E-state index in [-0.39, 0.29) is 6.61 Å². The van der Waals surface area contributed by atoms with Crippen molar-refractivity contribution in [3.05, 3.63) is 37.5 Å². The Labute approximate surface area is 108 Å². The molecule has 78 valence electrons. The highest BCUT2D eigenvalue weighted by Gasteiger charge is 2.12. The SMILES string of the molecule is OCc1sc(Br)nc1-c1ccccc1Br. The van der Waals surface area contributed by atoms with Crippen LogP contribution in [0.25, 0.3) is 11.3 Å². The smallest absolute Gasteiger partial charge is 0.160 e. The summed E-state index contributed by atoms with van der Waals surface area (Å²) in [5.74, 6) is 0. The zero-order valence-electron chi connectivity index (χ0n) is 7.58. The van der Waals surface area contributed by atoms with Crippen LogP contribution >= 0.6 is 43.2 Å². The number of aliphatic hydroxyl groups is 1. The number of hydrogen-bond acceptors (Lipinski definition) is 3. The minimum Gasteiger partial charge on any atom is -0.391 e. The maximum absolute atomic E-state index is 9.22. The molecule has 0 saturated heterocycles. The molecule has 1 N–H and O–H groups in total. The summed E-state index contributed by atoms with van der Waals surface area (Å²) in [4.78, 5) is 5.23. The maximum Gasteiger partial charge on any atom is 0.160 e. The Balaban J connectivity index is 2.58. The van der Waals surface area contributed by atoms with Gasteiger partial charge in [-0.2, -0.15) is 0 Å². The molecular formula is C10H7Br2NOS. The van der Waals surface area contributed by atoms with Gasteiger partial charge in [-0.15, -0.1) is 11.3 Å². The second-order valence-electron chi connectivity index (χ2n) is 2.88. The molecule has 0 fully saturated rings. The van der Waals surface area contributed by atoms with Crippen LogP contribution in [0.15, 0.2) is 32.7 Å². The fraction of sp³-hybridized carbons (Fsp3) is 0.100. The molecule has 2 nitrogen and oxygen atoms in total. The normalized spacial score (nSPS) is 10.6. The first-order valence-corrected chi connectivity index (χ1v) is 6.63. The van der Waals surface area contributed by atoms with E-state index in [9.17, 15) is 5.11 Å². The number of benzene rings is 1. The summed E-state index contributed by atoms with van der Waals surface area (Å²) < 4.78 is 1.77. The highest BCUT2D eigenvalue weighted by Crippen LogP contribution is 2.34. The van der Waals surface area contributed by atoms with Gasteiger partial charge >= 0.3 is 0 Å². The summed E-state index contributed by atoms with van der Waals surface area (Å²) in [5.41, 5.74) is 1.84. The molecule has 0 amide bonds. The Kier molecular flexibility index (Phi) is 3.56. The van der Waals surface area contributed by atoms with Crippen molar-refractivity contribution in [1.82, 2.24) is 4.98 Å². The van der Waals surface area contributed by atoms with E-state index >= 15 is 0 Å². The number of nitrogens with zero attached hydrogens (tertiary/aromatic N) is 1. The molecule has 0 radical (unpaired) electrons. The predicted molar refractivity (Wildman–Crippen MR) is 68.9 cm³/mol. The van der Waals surface area contributed by atoms with Gasteiger partial charge in [0.2, 0.25) is 0 Å². The van der Waals surface area contributed by atoms with Crippen LogP contribution in [0.1, 0.15) is 4.88 Å². The van der Waals surface area contributed by atoms with E-state index in [4.69, 9.17) is 0 Å². The van der Waals surface area contributed by atoms with Crippen LogP contribution in [0.2, 0.25) is 0 Å². The third kappa shape index (κ3) is 2.30. The van der Waals surface area contributed by atoms with Gasteiger partial charge in [0.25, 0.3) is 0 Å². The van der Waals surface area contributed by atoms with Crippen molar-refractivity contribution in [2.75, 3.05) is 0 Å². The van der Waals surface area contributed by atoms with Crippen molar-refractivity contribution in [3.63, 3.8) is 0 Å². The average molecular weight is 349 g/mol. The van der Waals surface area contributed by atoms with Crippen LogP contribution in [0.5, 0.6) is 0 Å². The van der Waals surface area contributed by atoms with E-state index in [2.05, 4.69) is 36.8 Å². The average Bonchev–Trinajstić information content (AvgIpc) is 2.60. The first kappa shape index (κ1) is 11.3. The third-order valence-electron chi connectivity index (χ3n) is 1.94. The lowest BCUT2D eigenvalue weighted by Crippen LogP contribution is -1.85. The predicted octanol–water partition coefficient (Wildman–Crippen LogP) is 3.83. The van der Waals surface area contributed by atoms with Crippen LogP contribution < -0.4 is 0 Å². The monoisotopic (exact) mass is 347 g/mol. The van der Waals surface area contributed by atoms with Gasteiger partial charge in [0.15, 0.2) is 3.92 Å². The van der Waals surface area contributed by atoms with Crippen LogP contribution in [-0.4, -0.2) is 10.1 Å². The second kappa shape index (κ2) is 4.74. The van der Waals surface area contributed by atoms with Crippen molar-refractivity contribution in [2.45, 2.75) is 6.61 Å². The first-order chi connectivity index (χ1) is 7.22. The summed E-state index contributed by atoms with van der Waals surface area (Å²) >= 11 is 8.25. The molecule has 0 aliphatic heterocycles. The fourth-order valence-corrected chi connectivity index (χ4v) is 3.19. The van der Waals surface area contributed by atoms with Gasteiger partial charge in [-0.1, -0.05) is 34.1 Å². The lowest BCUT2D eigenvalue weighted by molar-refractivity contribution is 0.286. The van der Waals surface area contributed by atoms with Crippen molar-refractivity contribution < 1.29 is 5.11 Å². The molecule has 0 bridgehead atoms. The van der Waals surface area contributed by atoms with Crippen LogP contribution in [0, 0.1) is 0 Å². The molecule has 1 heterocycles. The molecule has 0 atom stereocenters. The molecule has 2 rings (SSSR count). The fourth-order valence-electron chi connectivity index (χ4n) is 1.29. The third-order valence-corrected chi connectivity index (χ3v) is 4.13. The quantitative estimate of drug-likeness (QED) is 0.894. The highest BCUT2D eigenvalue weighted by molar-refractivity contribution is 9.11. The number of hydrogen-bond donors (Lipinski definition) is 1. The highest BCUT2D eigenvalue weighted by atomic mass is 79.9. The molecule has 2 aromatic rings. The van der Waals surface area contributed by atoms with Crippen LogP contribution in [0.3, 0.4) is 0 Å². The minimum absolute atomic E-state index is 0.0138. The van der Waals surface area contributed by atoms with E-state index in [1.807, 2.05) is 24.3 Å². The molecule has 15 heavy (non-hydrogen) atoms. The Morgan fingerprint density at radius 1 is 1.27 bits per heavy atom. The molecule has 5 heteroatoms. The van der Waals surface area contributed by atoms with Gasteiger partial charge in [-0.25, -0.2) is 4.98 Å². The van der Waals surface area contributed by atoms with Crippen LogP contribution in [0.4, 0.5) is 0 Å². The number of rotatable bonds is 2. The van der Waals surface area contributed by atoms with Gasteiger partial charge in [-0.3, -0.25) is 0 Å². The van der Waals surface area contributed by atoms with Gasteiger partial charge in [0, 0.05) is 10.0 Å². The van der Waals surface area contributed by atoms with Crippen molar-refractivity contribution >= 4 is 43.2 Å². The Bertz CT molecular complexity index is 484. The van der Waals surface area contributed by atoms with E-state index in [0.717, 1.165) is 24.5 Å². The summed E-state index contributed by atoms with van der Waals surface area (Å²) in [6.07, 6.45) is 0. The van der Waals surface area contributed by atoms with Gasteiger partial charge in [0.05, 0.1) is 17.2 Å². The van der Waals surface area contributed by atoms with Crippen molar-refractivity contribution in [2.24, 2.45) is 0 Å². The Morgan fingerprint density at radius 3 is 2.67 bits per heavy atom. The van der Waals surface area contributed by atoms with Gasteiger partial charge < -0.3 is 5.11 Å². The van der Waals surface area contributed by atoms with Crippen molar-refractivity contribution in [1.29, 1.82) is 0 Å². The lowest BCUT2D eigenvalue weighted by Gasteiger charge is -2.02. The number of thiazole rings is 1. The van der Waals surface area contributed by atoms with E-state index < -0.39 is 0 Å². The van der Waals surface area contributed by atoms with E-state index in [1.165, 1.54) is 11.3 Å². The Hall–Kier alpha value is -0.230. The topological polar surface area (TPSA) is 33.1 Å². The minimum atomic E-state index is 0.0138. The first-order valence-electron chi connectivity index (χ1n) is 4.23. The standard InChI is InChI=1S/C10H7Br2NOS/c11-7-4-2-1-3-6(7)9-8(5-14)15-10(12)13-9/h1-4,14H,5H2. The molecule has 0 spiro atoms.